The Morgan fingerprint density at radius 2 is 1.83 bits per heavy atom. The molecule has 3 heteroatoms. The number of hydrogen-bond donors (Lipinski definition) is 1. The predicted molar refractivity (Wildman–Crippen MR) is 73.4 cm³/mol. The lowest BCUT2D eigenvalue weighted by Crippen LogP contribution is -2.07. The normalized spacial score (nSPS) is 12.9. The zero-order valence-electron chi connectivity index (χ0n) is 11.6. The number of ketones is 1. The molecule has 0 saturated heterocycles. The van der Waals surface area contributed by atoms with E-state index in [1.54, 1.807) is 6.92 Å². The zero-order valence-corrected chi connectivity index (χ0v) is 11.6. The molecule has 0 aliphatic heterocycles. The quantitative estimate of drug-likeness (QED) is 0.638. The topological polar surface area (TPSA) is 54.4 Å². The Balaban J connectivity index is 4.25. The molecule has 0 saturated carbocycles. The third-order valence-corrected chi connectivity index (χ3v) is 2.93. The van der Waals surface area contributed by atoms with Gasteiger partial charge in [-0.05, 0) is 31.6 Å². The maximum atomic E-state index is 11.0. The first kappa shape index (κ1) is 16.6. The van der Waals surface area contributed by atoms with Crippen molar-refractivity contribution in [1.82, 2.24) is 0 Å². The second kappa shape index (κ2) is 8.67. The van der Waals surface area contributed by atoms with Gasteiger partial charge in [0.05, 0.1) is 0 Å². The molecule has 1 atom stereocenters. The van der Waals surface area contributed by atoms with Gasteiger partial charge in [0, 0.05) is 12.8 Å². The average molecular weight is 252 g/mol. The van der Waals surface area contributed by atoms with E-state index >= 15 is 0 Å². The van der Waals surface area contributed by atoms with E-state index in [0.29, 0.717) is 24.7 Å². The zero-order chi connectivity index (χ0) is 14.1. The largest absolute Gasteiger partial charge is 0.481 e. The minimum atomic E-state index is -0.804. The number of aliphatic carboxylic acids is 1. The van der Waals surface area contributed by atoms with Crippen LogP contribution in [0.2, 0.25) is 0 Å². The Bertz CT molecular complexity index is 327. The molecule has 1 N–H and O–H groups in total. The number of carbonyl (C=O) groups excluding carboxylic acids is 1. The summed E-state index contributed by atoms with van der Waals surface area (Å²) in [5.74, 6) is 0.212. The fourth-order valence-electron chi connectivity index (χ4n) is 1.63. The molecule has 0 aromatic rings. The summed E-state index contributed by atoms with van der Waals surface area (Å²) in [6, 6.07) is 0. The molecular weight excluding hydrogens is 228 g/mol. The summed E-state index contributed by atoms with van der Waals surface area (Å²) >= 11 is 0. The van der Waals surface area contributed by atoms with E-state index < -0.39 is 5.97 Å². The minimum absolute atomic E-state index is 0.114. The van der Waals surface area contributed by atoms with Gasteiger partial charge in [0.25, 0.3) is 0 Å². The summed E-state index contributed by atoms with van der Waals surface area (Å²) in [4.78, 5) is 21.4. The third kappa shape index (κ3) is 8.74. The van der Waals surface area contributed by atoms with E-state index in [2.05, 4.69) is 26.5 Å². The van der Waals surface area contributed by atoms with Crippen LogP contribution in [0.5, 0.6) is 0 Å². The van der Waals surface area contributed by atoms with Crippen molar-refractivity contribution in [3.8, 4) is 0 Å². The van der Waals surface area contributed by atoms with Gasteiger partial charge in [-0.2, -0.15) is 0 Å². The van der Waals surface area contributed by atoms with Crippen molar-refractivity contribution in [2.45, 2.75) is 46.5 Å². The average Bonchev–Trinajstić information content (AvgIpc) is 2.25. The van der Waals surface area contributed by atoms with E-state index in [9.17, 15) is 9.59 Å². The van der Waals surface area contributed by atoms with Gasteiger partial charge in [-0.15, -0.1) is 0 Å². The first-order valence-corrected chi connectivity index (χ1v) is 6.40. The highest BCUT2D eigenvalue weighted by molar-refractivity contribution is 5.75. The van der Waals surface area contributed by atoms with Gasteiger partial charge in [0.15, 0.2) is 0 Å². The summed E-state index contributed by atoms with van der Waals surface area (Å²) in [7, 11) is 0. The molecule has 0 aliphatic carbocycles. The van der Waals surface area contributed by atoms with Gasteiger partial charge in [0.1, 0.15) is 5.78 Å². The SMILES string of the molecule is C=C(/C=C/[C@H](CCC(C)=O)C(C)C)CCC(=O)O. The van der Waals surface area contributed by atoms with Gasteiger partial charge in [0.2, 0.25) is 0 Å². The second-order valence-electron chi connectivity index (χ2n) is 5.06. The van der Waals surface area contributed by atoms with Crippen LogP contribution in [-0.2, 0) is 9.59 Å². The van der Waals surface area contributed by atoms with Crippen molar-refractivity contribution >= 4 is 11.8 Å². The second-order valence-corrected chi connectivity index (χ2v) is 5.06. The summed E-state index contributed by atoms with van der Waals surface area (Å²) < 4.78 is 0. The minimum Gasteiger partial charge on any atom is -0.481 e. The first-order valence-electron chi connectivity index (χ1n) is 6.40. The maximum Gasteiger partial charge on any atom is 0.303 e. The lowest BCUT2D eigenvalue weighted by atomic mass is 9.89. The predicted octanol–water partition coefficient (Wildman–Crippen LogP) is 3.61. The first-order chi connectivity index (χ1) is 8.32. The van der Waals surface area contributed by atoms with Crippen LogP contribution in [-0.4, -0.2) is 16.9 Å². The molecule has 0 radical (unpaired) electrons. The maximum absolute atomic E-state index is 11.0. The summed E-state index contributed by atoms with van der Waals surface area (Å²) in [5, 5.41) is 8.57. The monoisotopic (exact) mass is 252 g/mol. The molecule has 18 heavy (non-hydrogen) atoms. The number of carboxylic acids is 1. The van der Waals surface area contributed by atoms with E-state index in [0.717, 1.165) is 12.0 Å². The number of hydrogen-bond acceptors (Lipinski definition) is 2. The molecule has 102 valence electrons. The number of rotatable bonds is 9. The van der Waals surface area contributed by atoms with Crippen LogP contribution < -0.4 is 0 Å². The van der Waals surface area contributed by atoms with E-state index in [4.69, 9.17) is 5.11 Å². The van der Waals surface area contributed by atoms with Crippen LogP contribution in [0.25, 0.3) is 0 Å². The Kier molecular flexibility index (Phi) is 8.01. The molecular formula is C15H24O3. The number of carboxylic acid groups (broad SMARTS) is 1. The number of Topliss-reactive ketones (excluding diaryl/α,β-unsaturated/α-hetero) is 1. The molecule has 0 aliphatic rings. The fraction of sp³-hybridized carbons (Fsp3) is 0.600. The molecule has 0 bridgehead atoms. The van der Waals surface area contributed by atoms with Gasteiger partial charge in [-0.3, -0.25) is 4.79 Å². The van der Waals surface area contributed by atoms with E-state index in [-0.39, 0.29) is 12.2 Å². The lowest BCUT2D eigenvalue weighted by Gasteiger charge is -2.16. The highest BCUT2D eigenvalue weighted by atomic mass is 16.4. The van der Waals surface area contributed by atoms with Crippen LogP contribution in [0.1, 0.15) is 46.5 Å². The Morgan fingerprint density at radius 3 is 2.28 bits per heavy atom. The van der Waals surface area contributed by atoms with Crippen LogP contribution in [0.15, 0.2) is 24.3 Å². The van der Waals surface area contributed by atoms with Gasteiger partial charge in [-0.1, -0.05) is 38.2 Å². The fourth-order valence-corrected chi connectivity index (χ4v) is 1.63. The van der Waals surface area contributed by atoms with Crippen molar-refractivity contribution in [3.05, 3.63) is 24.3 Å². The Hall–Kier alpha value is -1.38. The van der Waals surface area contributed by atoms with Gasteiger partial charge < -0.3 is 9.90 Å². The van der Waals surface area contributed by atoms with Crippen LogP contribution in [0.3, 0.4) is 0 Å². The van der Waals surface area contributed by atoms with E-state index in [1.807, 2.05) is 6.08 Å². The standard InChI is InChI=1S/C15H24O3/c1-11(2)14(9-7-13(4)16)8-5-12(3)6-10-15(17)18/h5,8,11,14H,3,6-7,9-10H2,1-2,4H3,(H,17,18)/b8-5+/t14-/m1/s1. The van der Waals surface area contributed by atoms with Gasteiger partial charge >= 0.3 is 5.97 Å². The highest BCUT2D eigenvalue weighted by Gasteiger charge is 2.10. The van der Waals surface area contributed by atoms with Crippen molar-refractivity contribution in [2.24, 2.45) is 11.8 Å². The van der Waals surface area contributed by atoms with Crippen LogP contribution in [0.4, 0.5) is 0 Å². The summed E-state index contributed by atoms with van der Waals surface area (Å²) in [6.07, 6.45) is 5.97. The van der Waals surface area contributed by atoms with Crippen molar-refractivity contribution in [2.75, 3.05) is 0 Å². The Labute approximate surface area is 110 Å². The molecule has 0 amide bonds. The molecule has 0 unspecified atom stereocenters. The molecule has 0 aromatic carbocycles. The summed E-state index contributed by atoms with van der Waals surface area (Å²) in [6.45, 7) is 9.68. The summed E-state index contributed by atoms with van der Waals surface area (Å²) in [5.41, 5.74) is 0.825. The van der Waals surface area contributed by atoms with Gasteiger partial charge in [-0.25, -0.2) is 0 Å². The van der Waals surface area contributed by atoms with Crippen LogP contribution >= 0.6 is 0 Å². The molecule has 0 rings (SSSR count). The third-order valence-electron chi connectivity index (χ3n) is 2.93. The molecule has 0 heterocycles. The smallest absolute Gasteiger partial charge is 0.303 e. The number of allylic oxidation sites excluding steroid dienone is 3. The Morgan fingerprint density at radius 1 is 1.22 bits per heavy atom. The molecule has 0 spiro atoms. The molecule has 0 fully saturated rings. The van der Waals surface area contributed by atoms with Crippen molar-refractivity contribution in [1.29, 1.82) is 0 Å². The van der Waals surface area contributed by atoms with Crippen molar-refractivity contribution in [3.63, 3.8) is 0 Å². The molecule has 0 aromatic heterocycles. The number of carbonyl (C=O) groups is 2. The lowest BCUT2D eigenvalue weighted by molar-refractivity contribution is -0.137. The highest BCUT2D eigenvalue weighted by Crippen LogP contribution is 2.20. The van der Waals surface area contributed by atoms with Crippen molar-refractivity contribution < 1.29 is 14.7 Å². The van der Waals surface area contributed by atoms with E-state index in [1.165, 1.54) is 0 Å². The molecule has 3 nitrogen and oxygen atoms in total. The van der Waals surface area contributed by atoms with Crippen LogP contribution in [0, 0.1) is 11.8 Å².